The third-order valence-electron chi connectivity index (χ3n) is 9.27. The van der Waals surface area contributed by atoms with Crippen molar-refractivity contribution in [3.63, 3.8) is 0 Å². The summed E-state index contributed by atoms with van der Waals surface area (Å²) in [5.41, 5.74) is 2.81. The van der Waals surface area contributed by atoms with Crippen molar-refractivity contribution in [3.05, 3.63) is 88.7 Å². The number of halogens is 1. The largest absolute Gasteiger partial charge is 0.455 e. The Morgan fingerprint density at radius 3 is 2.36 bits per heavy atom. The average molecular weight is 705 g/mol. The number of ketones is 2. The van der Waals surface area contributed by atoms with Gasteiger partial charge in [0.2, 0.25) is 10.0 Å². The van der Waals surface area contributed by atoms with Crippen LogP contribution in [0.2, 0.25) is 0 Å². The van der Waals surface area contributed by atoms with Crippen molar-refractivity contribution in [2.24, 2.45) is 5.92 Å². The minimum atomic E-state index is -3.72. The maximum Gasteiger partial charge on any atom is 0.408 e. The van der Waals surface area contributed by atoms with Crippen molar-refractivity contribution >= 4 is 44.3 Å². The Hall–Kier alpha value is -4.51. The van der Waals surface area contributed by atoms with Gasteiger partial charge in [0.05, 0.1) is 17.5 Å². The monoisotopic (exact) mass is 704 g/mol. The molecule has 0 spiro atoms. The molecular formula is C39H45FN2O7S. The molecule has 9 nitrogen and oxygen atoms in total. The van der Waals surface area contributed by atoms with Crippen LogP contribution in [0.25, 0.3) is 22.3 Å². The van der Waals surface area contributed by atoms with E-state index in [0.717, 1.165) is 17.4 Å². The summed E-state index contributed by atoms with van der Waals surface area (Å²) in [4.78, 5) is 40.7. The Bertz CT molecular complexity index is 2030. The number of amides is 1. The number of carbonyl (C=O) groups excluding carboxylic acids is 3. The number of rotatable bonds is 10. The summed E-state index contributed by atoms with van der Waals surface area (Å²) >= 11 is 0. The summed E-state index contributed by atoms with van der Waals surface area (Å²) in [6, 6.07) is 15.7. The first-order chi connectivity index (χ1) is 23.5. The molecule has 11 heteroatoms. The van der Waals surface area contributed by atoms with Crippen LogP contribution in [0.15, 0.2) is 65.1 Å². The number of furan rings is 1. The van der Waals surface area contributed by atoms with Gasteiger partial charge in [0, 0.05) is 42.0 Å². The minimum absolute atomic E-state index is 0.0363. The zero-order chi connectivity index (χ0) is 36.5. The Morgan fingerprint density at radius 2 is 1.74 bits per heavy atom. The van der Waals surface area contributed by atoms with Gasteiger partial charge < -0.3 is 14.5 Å². The highest BCUT2D eigenvalue weighted by molar-refractivity contribution is 7.92. The SMILES string of the molecule is CCC(=O)c1c(-c2ccc(C)cc2)oc2cc(N(C)S(C)(=O)=O)c([C@@H]3CCCC(C(=O)[C@H](NC(=O)OC(C)(C)C)c4ccccc4F)C3)cc12. The molecule has 1 aliphatic carbocycles. The topological polar surface area (TPSA) is 123 Å². The zero-order valence-corrected chi connectivity index (χ0v) is 30.4. The number of nitrogens with one attached hydrogen (secondary N) is 1. The summed E-state index contributed by atoms with van der Waals surface area (Å²) in [5, 5.41) is 3.18. The molecule has 0 radical (unpaired) electrons. The number of Topliss-reactive ketones (excluding diaryl/α,β-unsaturated/α-hetero) is 2. The molecule has 3 aromatic carbocycles. The second-order valence-electron chi connectivity index (χ2n) is 14.2. The molecule has 1 aromatic heterocycles. The minimum Gasteiger partial charge on any atom is -0.455 e. The zero-order valence-electron chi connectivity index (χ0n) is 29.6. The quantitative estimate of drug-likeness (QED) is 0.164. The molecule has 1 fully saturated rings. The molecule has 0 aliphatic heterocycles. The number of aryl methyl sites for hydroxylation is 1. The maximum absolute atomic E-state index is 15.1. The first kappa shape index (κ1) is 36.8. The van der Waals surface area contributed by atoms with Gasteiger partial charge in [0.25, 0.3) is 0 Å². The number of ether oxygens (including phenoxy) is 1. The van der Waals surface area contributed by atoms with E-state index in [0.29, 0.717) is 59.2 Å². The molecule has 1 unspecified atom stereocenters. The highest BCUT2D eigenvalue weighted by atomic mass is 32.2. The van der Waals surface area contributed by atoms with Crippen LogP contribution in [0, 0.1) is 18.7 Å². The van der Waals surface area contributed by atoms with Gasteiger partial charge in [-0.2, -0.15) is 0 Å². The Morgan fingerprint density at radius 1 is 1.06 bits per heavy atom. The van der Waals surface area contributed by atoms with E-state index in [4.69, 9.17) is 9.15 Å². The van der Waals surface area contributed by atoms with Gasteiger partial charge in [0.1, 0.15) is 28.8 Å². The van der Waals surface area contributed by atoms with Crippen molar-refractivity contribution in [3.8, 4) is 11.3 Å². The van der Waals surface area contributed by atoms with E-state index in [1.807, 2.05) is 37.3 Å². The number of carbonyl (C=O) groups is 3. The number of fused-ring (bicyclic) bond motifs is 1. The van der Waals surface area contributed by atoms with E-state index in [1.165, 1.54) is 29.6 Å². The van der Waals surface area contributed by atoms with Crippen LogP contribution >= 0.6 is 0 Å². The van der Waals surface area contributed by atoms with Gasteiger partial charge >= 0.3 is 6.09 Å². The summed E-state index contributed by atoms with van der Waals surface area (Å²) in [6.45, 7) is 8.84. The first-order valence-electron chi connectivity index (χ1n) is 16.9. The van der Waals surface area contributed by atoms with E-state index < -0.39 is 39.5 Å². The third kappa shape index (κ3) is 7.93. The molecule has 0 bridgehead atoms. The van der Waals surface area contributed by atoms with E-state index in [9.17, 15) is 22.8 Å². The molecule has 50 heavy (non-hydrogen) atoms. The second-order valence-corrected chi connectivity index (χ2v) is 16.2. The normalized spacial score (nSPS) is 17.3. The van der Waals surface area contributed by atoms with Gasteiger partial charge in [-0.3, -0.25) is 13.9 Å². The van der Waals surface area contributed by atoms with Crippen molar-refractivity contribution in [1.29, 1.82) is 0 Å². The molecule has 266 valence electrons. The molecular weight excluding hydrogens is 660 g/mol. The van der Waals surface area contributed by atoms with E-state index in [1.54, 1.807) is 39.8 Å². The standard InChI is InChI=1S/C39H45FN2O7S/c1-8-32(43)34-29-21-28(31(42(6)50(7,46)47)22-33(29)48-37(34)24-18-16-23(2)17-19-24)25-12-11-13-26(20-25)36(44)35(27-14-9-10-15-30(27)40)41-38(45)49-39(3,4)5/h9-10,14-19,21-22,25-26,35H,8,11-13,20H2,1-7H3,(H,41,45)/t25-,26?,35-/m1/s1. The number of hydrogen-bond donors (Lipinski definition) is 1. The fourth-order valence-electron chi connectivity index (χ4n) is 6.69. The summed E-state index contributed by atoms with van der Waals surface area (Å²) in [5.74, 6) is -1.59. The van der Waals surface area contributed by atoms with Gasteiger partial charge in [0.15, 0.2) is 11.6 Å². The van der Waals surface area contributed by atoms with Crippen molar-refractivity contribution in [2.45, 2.75) is 84.3 Å². The summed E-state index contributed by atoms with van der Waals surface area (Å²) in [6.07, 6.45) is 2.58. The van der Waals surface area contributed by atoms with Crippen molar-refractivity contribution < 1.29 is 36.3 Å². The number of sulfonamides is 1. The lowest BCUT2D eigenvalue weighted by molar-refractivity contribution is -0.126. The molecule has 1 saturated carbocycles. The molecule has 1 N–H and O–H groups in total. The highest BCUT2D eigenvalue weighted by Gasteiger charge is 2.37. The fraction of sp³-hybridized carbons (Fsp3) is 0.410. The molecule has 1 aliphatic rings. The maximum atomic E-state index is 15.1. The van der Waals surface area contributed by atoms with E-state index >= 15 is 4.39 Å². The number of benzene rings is 3. The van der Waals surface area contributed by atoms with E-state index in [2.05, 4.69) is 5.32 Å². The van der Waals surface area contributed by atoms with Gasteiger partial charge in [-0.1, -0.05) is 61.4 Å². The van der Waals surface area contributed by atoms with Gasteiger partial charge in [-0.15, -0.1) is 0 Å². The first-order valence-corrected chi connectivity index (χ1v) is 18.8. The van der Waals surface area contributed by atoms with Crippen LogP contribution in [-0.4, -0.2) is 45.0 Å². The predicted molar refractivity (Wildman–Crippen MR) is 192 cm³/mol. The fourth-order valence-corrected chi connectivity index (χ4v) is 7.21. The smallest absolute Gasteiger partial charge is 0.408 e. The second kappa shape index (κ2) is 14.4. The number of alkyl carbamates (subject to hydrolysis) is 1. The van der Waals surface area contributed by atoms with E-state index in [-0.39, 0.29) is 29.5 Å². The van der Waals surface area contributed by atoms with Crippen molar-refractivity contribution in [2.75, 3.05) is 17.6 Å². The molecule has 4 aromatic rings. The Labute approximate surface area is 293 Å². The van der Waals surface area contributed by atoms with Crippen LogP contribution in [-0.2, 0) is 19.6 Å². The van der Waals surface area contributed by atoms with Crippen LogP contribution in [0.5, 0.6) is 0 Å². The lowest BCUT2D eigenvalue weighted by atomic mass is 9.74. The molecule has 1 heterocycles. The Balaban J connectivity index is 1.60. The van der Waals surface area contributed by atoms with Gasteiger partial charge in [-0.05, 0) is 70.6 Å². The van der Waals surface area contributed by atoms with Crippen LogP contribution < -0.4 is 9.62 Å². The number of nitrogens with zero attached hydrogens (tertiary/aromatic N) is 1. The predicted octanol–water partition coefficient (Wildman–Crippen LogP) is 8.64. The van der Waals surface area contributed by atoms with Crippen LogP contribution in [0.4, 0.5) is 14.9 Å². The van der Waals surface area contributed by atoms with Crippen molar-refractivity contribution in [1.82, 2.24) is 5.32 Å². The summed E-state index contributed by atoms with van der Waals surface area (Å²) < 4.78 is 54.0. The third-order valence-corrected chi connectivity index (χ3v) is 10.5. The van der Waals surface area contributed by atoms with Crippen LogP contribution in [0.1, 0.15) is 98.8 Å². The average Bonchev–Trinajstić information content (AvgIpc) is 3.43. The molecule has 5 rings (SSSR count). The molecule has 1 amide bonds. The Kier molecular flexibility index (Phi) is 10.6. The lowest BCUT2D eigenvalue weighted by Crippen LogP contribution is -2.41. The van der Waals surface area contributed by atoms with Gasteiger partial charge in [-0.25, -0.2) is 17.6 Å². The van der Waals surface area contributed by atoms with Crippen LogP contribution in [0.3, 0.4) is 0 Å². The number of hydrogen-bond acceptors (Lipinski definition) is 7. The molecule has 3 atom stereocenters. The lowest BCUT2D eigenvalue weighted by Gasteiger charge is -2.33. The highest BCUT2D eigenvalue weighted by Crippen LogP contribution is 2.46. The number of anilines is 1. The summed E-state index contributed by atoms with van der Waals surface area (Å²) in [7, 11) is -2.26. The molecule has 0 saturated heterocycles.